The maximum atomic E-state index is 12.6. The molecule has 0 atom stereocenters. The summed E-state index contributed by atoms with van der Waals surface area (Å²) < 4.78 is 0. The summed E-state index contributed by atoms with van der Waals surface area (Å²) in [5, 5.41) is 3.34. The van der Waals surface area contributed by atoms with Crippen LogP contribution in [0.2, 0.25) is 5.15 Å². The van der Waals surface area contributed by atoms with Gasteiger partial charge in [0.15, 0.2) is 28.3 Å². The van der Waals surface area contributed by atoms with Crippen LogP contribution < -0.4 is 16.8 Å². The normalized spacial score (nSPS) is 17.4. The number of hydrogen-bond donors (Lipinski definition) is 3. The molecule has 2 aliphatic heterocycles. The summed E-state index contributed by atoms with van der Waals surface area (Å²) in [6.45, 7) is 1.79. The van der Waals surface area contributed by atoms with Crippen molar-refractivity contribution in [1.29, 1.82) is 0 Å². The van der Waals surface area contributed by atoms with E-state index in [0.717, 1.165) is 18.4 Å². The second-order valence-electron chi connectivity index (χ2n) is 7.97. The van der Waals surface area contributed by atoms with Crippen LogP contribution in [0.3, 0.4) is 0 Å². The van der Waals surface area contributed by atoms with Crippen molar-refractivity contribution in [2.24, 2.45) is 4.99 Å². The van der Waals surface area contributed by atoms with Gasteiger partial charge in [0.2, 0.25) is 5.91 Å². The molecule has 1 amide bonds. The maximum Gasteiger partial charge on any atom is 0.246 e. The molecule has 1 fully saturated rings. The Morgan fingerprint density at radius 1 is 1.12 bits per heavy atom. The maximum absolute atomic E-state index is 12.6. The number of nitrogens with one attached hydrogen (secondary N) is 1. The third-order valence-corrected chi connectivity index (χ3v) is 6.01. The molecule has 9 nitrogen and oxygen atoms in total. The number of amides is 1. The number of hydrogen-bond acceptors (Lipinski definition) is 8. The van der Waals surface area contributed by atoms with Crippen molar-refractivity contribution in [2.75, 3.05) is 31.1 Å². The highest BCUT2D eigenvalue weighted by Crippen LogP contribution is 2.27. The van der Waals surface area contributed by atoms with E-state index in [4.69, 9.17) is 23.1 Å². The predicted molar refractivity (Wildman–Crippen MR) is 124 cm³/mol. The Balaban J connectivity index is 1.31. The number of nitrogen functional groups attached to an aromatic ring is 2. The van der Waals surface area contributed by atoms with Crippen molar-refractivity contribution in [3.8, 4) is 0 Å². The summed E-state index contributed by atoms with van der Waals surface area (Å²) in [6, 6.07) is 9.72. The van der Waals surface area contributed by atoms with Crippen LogP contribution in [0.25, 0.3) is 6.08 Å². The van der Waals surface area contributed by atoms with Gasteiger partial charge in [-0.15, -0.1) is 0 Å². The lowest BCUT2D eigenvalue weighted by molar-refractivity contribution is -0.127. The molecule has 2 aliphatic rings. The predicted octanol–water partition coefficient (Wildman–Crippen LogP) is 1.94. The lowest BCUT2D eigenvalue weighted by Crippen LogP contribution is -2.54. The third kappa shape index (κ3) is 4.72. The van der Waals surface area contributed by atoms with Crippen LogP contribution in [0.5, 0.6) is 0 Å². The Kier molecular flexibility index (Phi) is 6.09. The molecule has 0 bridgehead atoms. The second kappa shape index (κ2) is 8.96. The van der Waals surface area contributed by atoms with E-state index in [2.05, 4.69) is 20.3 Å². The van der Waals surface area contributed by atoms with Gasteiger partial charge < -0.3 is 21.7 Å². The zero-order valence-electron chi connectivity index (χ0n) is 17.4. The van der Waals surface area contributed by atoms with Gasteiger partial charge in [0, 0.05) is 19.2 Å². The smallest absolute Gasteiger partial charge is 0.246 e. The summed E-state index contributed by atoms with van der Waals surface area (Å²) >= 11 is 5.87. The first-order valence-corrected chi connectivity index (χ1v) is 10.7. The molecule has 0 unspecified atom stereocenters. The van der Waals surface area contributed by atoms with Gasteiger partial charge in [0.05, 0.1) is 18.5 Å². The van der Waals surface area contributed by atoms with Crippen LogP contribution in [-0.4, -0.2) is 57.6 Å². The van der Waals surface area contributed by atoms with E-state index >= 15 is 0 Å². The monoisotopic (exact) mass is 453 g/mol. The third-order valence-electron chi connectivity index (χ3n) is 5.73. The van der Waals surface area contributed by atoms with Crippen molar-refractivity contribution in [3.63, 3.8) is 0 Å². The Morgan fingerprint density at radius 2 is 1.84 bits per heavy atom. The number of nitrogens with two attached hydrogens (primary N) is 2. The number of ketones is 1. The van der Waals surface area contributed by atoms with Gasteiger partial charge in [-0.3, -0.25) is 14.6 Å². The number of likely N-dealkylation sites (tertiary alicyclic amines) is 1. The number of aliphatic imine (C=N–C) groups is 1. The number of aromatic nitrogens is 2. The molecule has 10 heteroatoms. The summed E-state index contributed by atoms with van der Waals surface area (Å²) in [6.07, 6.45) is 4.94. The number of carbonyl (C=O) groups is 2. The fourth-order valence-electron chi connectivity index (χ4n) is 3.89. The molecular formula is C22H24ClN7O2. The van der Waals surface area contributed by atoms with Gasteiger partial charge in [-0.05, 0) is 24.5 Å². The highest BCUT2D eigenvalue weighted by molar-refractivity contribution is 6.31. The molecule has 3 heterocycles. The number of carbonyl (C=O) groups excluding carboxylic acids is 2. The van der Waals surface area contributed by atoms with E-state index in [9.17, 15) is 9.59 Å². The molecule has 32 heavy (non-hydrogen) atoms. The fourth-order valence-corrected chi connectivity index (χ4v) is 4.02. The largest absolute Gasteiger partial charge is 0.382 e. The highest BCUT2D eigenvalue weighted by Gasteiger charge is 2.39. The molecule has 1 aromatic carbocycles. The van der Waals surface area contributed by atoms with Gasteiger partial charge in [0.1, 0.15) is 5.84 Å². The summed E-state index contributed by atoms with van der Waals surface area (Å²) in [4.78, 5) is 39.3. The standard InChI is InChI=1S/C22H24ClN7O2/c23-19-21(25)28-20(24)18(27-19)15(31)12-16-26-13-22(29-16)8-10-30(11-9-22)17(32)7-6-14-4-2-1-3-5-14/h1-7H,8-13H2,(H,26,29)(H4,24,25,28). The molecule has 4 rings (SSSR count). The first-order valence-electron chi connectivity index (χ1n) is 10.3. The van der Waals surface area contributed by atoms with Crippen molar-refractivity contribution < 1.29 is 9.59 Å². The lowest BCUT2D eigenvalue weighted by Gasteiger charge is -2.39. The summed E-state index contributed by atoms with van der Waals surface area (Å²) in [5.74, 6) is 0.163. The van der Waals surface area contributed by atoms with Gasteiger partial charge in [0.25, 0.3) is 0 Å². The number of amidine groups is 1. The van der Waals surface area contributed by atoms with Crippen LogP contribution in [0.4, 0.5) is 11.6 Å². The molecule has 0 radical (unpaired) electrons. The van der Waals surface area contributed by atoms with Crippen molar-refractivity contribution in [2.45, 2.75) is 24.8 Å². The van der Waals surface area contributed by atoms with E-state index in [-0.39, 0.29) is 46.1 Å². The van der Waals surface area contributed by atoms with E-state index in [1.807, 2.05) is 41.3 Å². The minimum absolute atomic E-state index is 0.00713. The Hall–Kier alpha value is -3.46. The van der Waals surface area contributed by atoms with Crippen LogP contribution in [0.1, 0.15) is 35.3 Å². The van der Waals surface area contributed by atoms with Crippen molar-refractivity contribution >= 4 is 46.8 Å². The number of piperidine rings is 1. The van der Waals surface area contributed by atoms with Gasteiger partial charge >= 0.3 is 0 Å². The Bertz CT molecular complexity index is 1090. The number of benzene rings is 1. The molecule has 0 saturated carbocycles. The number of Topliss-reactive ketones (excluding diaryl/α,β-unsaturated/α-hetero) is 1. The molecule has 5 N–H and O–H groups in total. The number of rotatable bonds is 5. The van der Waals surface area contributed by atoms with Gasteiger partial charge in [-0.1, -0.05) is 41.9 Å². The molecule has 1 spiro atoms. The van der Waals surface area contributed by atoms with Crippen LogP contribution in [-0.2, 0) is 4.79 Å². The minimum atomic E-state index is -0.334. The van der Waals surface area contributed by atoms with Crippen LogP contribution in [0.15, 0.2) is 41.4 Å². The van der Waals surface area contributed by atoms with E-state index in [1.54, 1.807) is 6.08 Å². The second-order valence-corrected chi connectivity index (χ2v) is 8.33. The number of halogens is 1. The molecule has 1 aromatic heterocycles. The quantitative estimate of drug-likeness (QED) is 0.464. The van der Waals surface area contributed by atoms with E-state index in [0.29, 0.717) is 25.5 Å². The number of anilines is 2. The number of nitrogens with zero attached hydrogens (tertiary/aromatic N) is 4. The molecule has 2 aromatic rings. The van der Waals surface area contributed by atoms with Crippen molar-refractivity contribution in [3.05, 3.63) is 52.8 Å². The van der Waals surface area contributed by atoms with Crippen molar-refractivity contribution in [1.82, 2.24) is 20.2 Å². The lowest BCUT2D eigenvalue weighted by atomic mass is 9.88. The minimum Gasteiger partial charge on any atom is -0.382 e. The first-order chi connectivity index (χ1) is 15.3. The van der Waals surface area contributed by atoms with Gasteiger partial charge in [-0.2, -0.15) is 0 Å². The average molecular weight is 454 g/mol. The Morgan fingerprint density at radius 3 is 2.56 bits per heavy atom. The van der Waals surface area contributed by atoms with E-state index in [1.165, 1.54) is 0 Å². The average Bonchev–Trinajstić information content (AvgIpc) is 3.17. The SMILES string of the molecule is Nc1nc(N)c(C(=O)CC2=NCC3(CCN(C(=O)C=Cc4ccccc4)CC3)N2)nc1Cl. The highest BCUT2D eigenvalue weighted by atomic mass is 35.5. The molecule has 1 saturated heterocycles. The Labute approximate surface area is 190 Å². The molecule has 0 aliphatic carbocycles. The van der Waals surface area contributed by atoms with Crippen LogP contribution >= 0.6 is 11.6 Å². The summed E-state index contributed by atoms with van der Waals surface area (Å²) in [7, 11) is 0. The zero-order chi connectivity index (χ0) is 22.7. The molecule has 166 valence electrons. The summed E-state index contributed by atoms with van der Waals surface area (Å²) in [5.41, 5.74) is 12.1. The van der Waals surface area contributed by atoms with Gasteiger partial charge in [-0.25, -0.2) is 9.97 Å². The molecular weight excluding hydrogens is 430 g/mol. The zero-order valence-corrected chi connectivity index (χ0v) is 18.2. The fraction of sp³-hybridized carbons (Fsp3) is 0.318. The topological polar surface area (TPSA) is 140 Å². The van der Waals surface area contributed by atoms with Crippen LogP contribution in [0, 0.1) is 0 Å². The first kappa shape index (κ1) is 21.8. The van der Waals surface area contributed by atoms with E-state index < -0.39 is 0 Å².